The third-order valence-corrected chi connectivity index (χ3v) is 2.42. The molecule has 1 aromatic heterocycles. The highest BCUT2D eigenvalue weighted by molar-refractivity contribution is 6.83. The van der Waals surface area contributed by atoms with E-state index < -0.39 is 11.0 Å². The number of halogens is 1. The molecule has 0 amide bonds. The number of aromatic amines is 1. The number of aromatic nitrogens is 1. The summed E-state index contributed by atoms with van der Waals surface area (Å²) in [6.07, 6.45) is 1.38. The molecule has 0 unspecified atom stereocenters. The molecular formula is C11H5ClN2O2. The molecule has 0 aliphatic carbocycles. The van der Waals surface area contributed by atoms with Crippen LogP contribution in [0.4, 0.5) is 0 Å². The Morgan fingerprint density at radius 1 is 1.38 bits per heavy atom. The van der Waals surface area contributed by atoms with E-state index in [4.69, 9.17) is 16.9 Å². The zero-order valence-electron chi connectivity index (χ0n) is 7.95. The first-order valence-corrected chi connectivity index (χ1v) is 4.77. The number of nitrogens with zero attached hydrogens (tertiary/aromatic N) is 1. The maximum atomic E-state index is 11.5. The Bertz CT molecular complexity index is 637. The summed E-state index contributed by atoms with van der Waals surface area (Å²) < 4.78 is 0. The summed E-state index contributed by atoms with van der Waals surface area (Å²) in [5.74, 6) is -0.810. The van der Waals surface area contributed by atoms with Gasteiger partial charge in [0.05, 0.1) is 17.2 Å². The first kappa shape index (κ1) is 10.4. The van der Waals surface area contributed by atoms with Crippen LogP contribution in [0, 0.1) is 11.3 Å². The fraction of sp³-hybridized carbons (Fsp3) is 0. The van der Waals surface area contributed by atoms with Gasteiger partial charge < -0.3 is 4.98 Å². The molecule has 4 nitrogen and oxygen atoms in total. The lowest BCUT2D eigenvalue weighted by molar-refractivity contribution is -0.108. The van der Waals surface area contributed by atoms with Crippen molar-refractivity contribution in [2.24, 2.45) is 0 Å². The zero-order chi connectivity index (χ0) is 11.7. The molecule has 0 bridgehead atoms. The van der Waals surface area contributed by atoms with Crippen LogP contribution in [0.15, 0.2) is 24.4 Å². The molecule has 1 aromatic carbocycles. The molecule has 5 heteroatoms. The van der Waals surface area contributed by atoms with Crippen molar-refractivity contribution in [3.8, 4) is 6.07 Å². The quantitative estimate of drug-likeness (QED) is 0.489. The van der Waals surface area contributed by atoms with Gasteiger partial charge in [-0.05, 0) is 23.7 Å². The molecule has 16 heavy (non-hydrogen) atoms. The van der Waals surface area contributed by atoms with Gasteiger partial charge in [0.2, 0.25) is 5.78 Å². The first-order valence-electron chi connectivity index (χ1n) is 4.39. The number of H-pyrrole nitrogens is 1. The Morgan fingerprint density at radius 3 is 2.75 bits per heavy atom. The third-order valence-electron chi connectivity index (χ3n) is 2.25. The van der Waals surface area contributed by atoms with Crippen molar-refractivity contribution < 1.29 is 9.59 Å². The van der Waals surface area contributed by atoms with Crippen LogP contribution in [0.5, 0.6) is 0 Å². The van der Waals surface area contributed by atoms with Gasteiger partial charge in [0.15, 0.2) is 0 Å². The number of carbonyl (C=O) groups is 2. The molecular weight excluding hydrogens is 228 g/mol. The fourth-order valence-electron chi connectivity index (χ4n) is 1.56. The van der Waals surface area contributed by atoms with E-state index >= 15 is 0 Å². The van der Waals surface area contributed by atoms with Crippen molar-refractivity contribution in [1.29, 1.82) is 5.26 Å². The molecule has 2 rings (SSSR count). The van der Waals surface area contributed by atoms with E-state index in [0.29, 0.717) is 16.5 Å². The van der Waals surface area contributed by atoms with Gasteiger partial charge in [-0.2, -0.15) is 5.26 Å². The van der Waals surface area contributed by atoms with Crippen LogP contribution >= 0.6 is 11.6 Å². The van der Waals surface area contributed by atoms with Crippen molar-refractivity contribution in [2.45, 2.75) is 0 Å². The van der Waals surface area contributed by atoms with E-state index in [1.807, 2.05) is 6.07 Å². The predicted octanol–water partition coefficient (Wildman–Crippen LogP) is 1.99. The normalized spacial score (nSPS) is 10.0. The number of hydrogen-bond donors (Lipinski definition) is 1. The van der Waals surface area contributed by atoms with E-state index in [-0.39, 0.29) is 5.56 Å². The Hall–Kier alpha value is -2.12. The Labute approximate surface area is 95.4 Å². The number of nitriles is 1. The summed E-state index contributed by atoms with van der Waals surface area (Å²) in [5, 5.41) is 8.28. The van der Waals surface area contributed by atoms with Gasteiger partial charge >= 0.3 is 0 Å². The second-order valence-electron chi connectivity index (χ2n) is 3.15. The number of benzene rings is 1. The number of ketones is 1. The molecule has 0 aliphatic heterocycles. The molecule has 0 saturated carbocycles. The topological polar surface area (TPSA) is 73.7 Å². The summed E-state index contributed by atoms with van der Waals surface area (Å²) in [6, 6.07) is 6.94. The van der Waals surface area contributed by atoms with Gasteiger partial charge in [-0.1, -0.05) is 6.07 Å². The van der Waals surface area contributed by atoms with E-state index in [2.05, 4.69) is 4.98 Å². The molecule has 1 heterocycles. The van der Waals surface area contributed by atoms with Crippen LogP contribution in [0.2, 0.25) is 0 Å². The summed E-state index contributed by atoms with van der Waals surface area (Å²) >= 11 is 5.13. The summed E-state index contributed by atoms with van der Waals surface area (Å²) in [5.41, 5.74) is 1.09. The average Bonchev–Trinajstić information content (AvgIpc) is 2.71. The van der Waals surface area contributed by atoms with Crippen LogP contribution in [0.1, 0.15) is 15.9 Å². The van der Waals surface area contributed by atoms with Gasteiger partial charge in [-0.25, -0.2) is 0 Å². The molecule has 1 N–H and O–H groups in total. The van der Waals surface area contributed by atoms with E-state index in [0.717, 1.165) is 0 Å². The third kappa shape index (κ3) is 1.47. The first-order chi connectivity index (χ1) is 7.65. The lowest BCUT2D eigenvalue weighted by atomic mass is 10.1. The molecule has 0 saturated heterocycles. The minimum atomic E-state index is -1.06. The van der Waals surface area contributed by atoms with Gasteiger partial charge in [-0.3, -0.25) is 9.59 Å². The average molecular weight is 233 g/mol. The van der Waals surface area contributed by atoms with Crippen molar-refractivity contribution in [3.63, 3.8) is 0 Å². The van der Waals surface area contributed by atoms with Gasteiger partial charge in [0.25, 0.3) is 5.24 Å². The van der Waals surface area contributed by atoms with Crippen LogP contribution in [0.3, 0.4) is 0 Å². The van der Waals surface area contributed by atoms with Gasteiger partial charge in [-0.15, -0.1) is 0 Å². The van der Waals surface area contributed by atoms with Crippen molar-refractivity contribution in [2.75, 3.05) is 0 Å². The lowest BCUT2D eigenvalue weighted by Gasteiger charge is -1.96. The number of nitrogens with one attached hydrogen (secondary N) is 1. The zero-order valence-corrected chi connectivity index (χ0v) is 8.71. The molecule has 78 valence electrons. The molecule has 0 radical (unpaired) electrons. The molecule has 2 aromatic rings. The number of Topliss-reactive ketones (excluding diaryl/α,β-unsaturated/α-hetero) is 1. The molecule has 0 aliphatic rings. The van der Waals surface area contributed by atoms with Crippen LogP contribution in [0.25, 0.3) is 10.9 Å². The maximum Gasteiger partial charge on any atom is 0.293 e. The summed E-state index contributed by atoms with van der Waals surface area (Å²) in [6.45, 7) is 0. The Morgan fingerprint density at radius 2 is 2.12 bits per heavy atom. The molecule has 0 atom stereocenters. The summed E-state index contributed by atoms with van der Waals surface area (Å²) in [4.78, 5) is 25.1. The van der Waals surface area contributed by atoms with Crippen LogP contribution in [-0.2, 0) is 4.79 Å². The standard InChI is InChI=1S/C11H5ClN2O2/c12-11(16)10(15)7-5-14-8-3-1-2-6(4-13)9(7)8/h1-3,5,14H. The Balaban J connectivity index is 2.78. The number of rotatable bonds is 2. The van der Waals surface area contributed by atoms with Gasteiger partial charge in [0, 0.05) is 17.1 Å². The second kappa shape index (κ2) is 3.80. The van der Waals surface area contributed by atoms with Crippen LogP contribution in [-0.4, -0.2) is 16.0 Å². The lowest BCUT2D eigenvalue weighted by Crippen LogP contribution is -2.06. The van der Waals surface area contributed by atoms with E-state index in [1.54, 1.807) is 18.2 Å². The van der Waals surface area contributed by atoms with Crippen LogP contribution < -0.4 is 0 Å². The van der Waals surface area contributed by atoms with E-state index in [1.165, 1.54) is 6.20 Å². The fourth-order valence-corrected chi connectivity index (χ4v) is 1.66. The summed E-state index contributed by atoms with van der Waals surface area (Å²) in [7, 11) is 0. The molecule has 0 fully saturated rings. The maximum absolute atomic E-state index is 11.5. The van der Waals surface area contributed by atoms with Gasteiger partial charge in [0.1, 0.15) is 0 Å². The van der Waals surface area contributed by atoms with Crippen molar-refractivity contribution >= 4 is 33.5 Å². The number of fused-ring (bicyclic) bond motifs is 1. The minimum Gasteiger partial charge on any atom is -0.360 e. The molecule has 0 spiro atoms. The largest absolute Gasteiger partial charge is 0.360 e. The monoisotopic (exact) mass is 232 g/mol. The SMILES string of the molecule is N#Cc1cccc2[nH]cc(C(=O)C(=O)Cl)c12. The highest BCUT2D eigenvalue weighted by Gasteiger charge is 2.19. The number of hydrogen-bond acceptors (Lipinski definition) is 3. The smallest absolute Gasteiger partial charge is 0.293 e. The second-order valence-corrected chi connectivity index (χ2v) is 3.49. The predicted molar refractivity (Wildman–Crippen MR) is 58.2 cm³/mol. The van der Waals surface area contributed by atoms with Crippen molar-refractivity contribution in [1.82, 2.24) is 4.98 Å². The highest BCUT2D eigenvalue weighted by atomic mass is 35.5. The number of carbonyl (C=O) groups excluding carboxylic acids is 2. The van der Waals surface area contributed by atoms with Crippen molar-refractivity contribution in [3.05, 3.63) is 35.5 Å². The Kier molecular flexibility index (Phi) is 2.47. The van der Waals surface area contributed by atoms with E-state index in [9.17, 15) is 9.59 Å². The minimum absolute atomic E-state index is 0.132. The highest BCUT2D eigenvalue weighted by Crippen LogP contribution is 2.23.